The van der Waals surface area contributed by atoms with Crippen LogP contribution >= 0.6 is 0 Å². The Morgan fingerprint density at radius 2 is 1.74 bits per heavy atom. The molecule has 1 heterocycles. The Kier molecular flexibility index (Phi) is 3.76. The van der Waals surface area contributed by atoms with E-state index in [9.17, 15) is 0 Å². The van der Waals surface area contributed by atoms with Crippen molar-refractivity contribution in [2.75, 3.05) is 0 Å². The second kappa shape index (κ2) is 5.17. The molecule has 0 amide bonds. The fourth-order valence-corrected chi connectivity index (χ4v) is 1.98. The van der Waals surface area contributed by atoms with Crippen molar-refractivity contribution in [2.45, 2.75) is 46.7 Å². The summed E-state index contributed by atoms with van der Waals surface area (Å²) in [6, 6.07) is 6.39. The Morgan fingerprint density at radius 3 is 2.32 bits per heavy atom. The molecule has 0 bridgehead atoms. The molecule has 0 atom stereocenters. The van der Waals surface area contributed by atoms with Crippen LogP contribution in [0.2, 0.25) is 0 Å². The van der Waals surface area contributed by atoms with Crippen LogP contribution in [0, 0.1) is 13.8 Å². The van der Waals surface area contributed by atoms with Gasteiger partial charge in [-0.2, -0.15) is 0 Å². The minimum absolute atomic E-state index is 0.0640. The van der Waals surface area contributed by atoms with Crippen molar-refractivity contribution in [3.63, 3.8) is 0 Å². The first kappa shape index (κ1) is 13.8. The van der Waals surface area contributed by atoms with Crippen LogP contribution in [0.25, 0.3) is 11.3 Å². The van der Waals surface area contributed by atoms with E-state index in [2.05, 4.69) is 63.1 Å². The van der Waals surface area contributed by atoms with Crippen LogP contribution in [0.4, 0.5) is 0 Å². The van der Waals surface area contributed by atoms with Crippen molar-refractivity contribution in [1.29, 1.82) is 0 Å². The van der Waals surface area contributed by atoms with Gasteiger partial charge in [0.05, 0.1) is 12.7 Å². The van der Waals surface area contributed by atoms with Crippen molar-refractivity contribution in [1.82, 2.24) is 10.3 Å². The maximum Gasteiger partial charge on any atom is 0.208 e. The van der Waals surface area contributed by atoms with E-state index >= 15 is 0 Å². The molecule has 2 rings (SSSR count). The summed E-state index contributed by atoms with van der Waals surface area (Å²) in [6.45, 7) is 11.2. The summed E-state index contributed by atoms with van der Waals surface area (Å²) in [7, 11) is 0. The van der Waals surface area contributed by atoms with E-state index in [4.69, 9.17) is 4.42 Å². The highest BCUT2D eigenvalue weighted by Gasteiger charge is 2.12. The van der Waals surface area contributed by atoms with E-state index in [1.54, 1.807) is 6.20 Å². The minimum Gasteiger partial charge on any atom is -0.439 e. The number of benzene rings is 1. The molecular formula is C16H22N2O. The van der Waals surface area contributed by atoms with Crippen LogP contribution in [0.1, 0.15) is 37.8 Å². The van der Waals surface area contributed by atoms with Gasteiger partial charge in [-0.25, -0.2) is 4.98 Å². The highest BCUT2D eigenvalue weighted by Crippen LogP contribution is 2.23. The van der Waals surface area contributed by atoms with Crippen molar-refractivity contribution in [2.24, 2.45) is 0 Å². The third-order valence-electron chi connectivity index (χ3n) is 2.83. The number of oxazole rings is 1. The van der Waals surface area contributed by atoms with E-state index in [0.717, 1.165) is 17.2 Å². The van der Waals surface area contributed by atoms with E-state index in [-0.39, 0.29) is 5.54 Å². The summed E-state index contributed by atoms with van der Waals surface area (Å²) in [4.78, 5) is 4.33. The Balaban J connectivity index is 2.16. The number of aromatic nitrogens is 1. The molecule has 3 heteroatoms. The molecular weight excluding hydrogens is 236 g/mol. The van der Waals surface area contributed by atoms with Crippen LogP contribution in [0.15, 0.2) is 28.8 Å². The number of rotatable bonds is 3. The first-order valence-electron chi connectivity index (χ1n) is 6.62. The zero-order chi connectivity index (χ0) is 14.0. The lowest BCUT2D eigenvalue weighted by Crippen LogP contribution is -2.35. The van der Waals surface area contributed by atoms with Crippen molar-refractivity contribution in [3.8, 4) is 11.3 Å². The SMILES string of the molecule is Cc1cc(C)cc(-c2cnc(CNC(C)(C)C)o2)c1. The summed E-state index contributed by atoms with van der Waals surface area (Å²) < 4.78 is 5.80. The molecule has 0 saturated heterocycles. The molecule has 2 aromatic rings. The zero-order valence-electron chi connectivity index (χ0n) is 12.4. The Hall–Kier alpha value is -1.61. The van der Waals surface area contributed by atoms with Crippen LogP contribution in [0.3, 0.4) is 0 Å². The van der Waals surface area contributed by atoms with Gasteiger partial charge in [-0.1, -0.05) is 17.2 Å². The molecule has 0 aliphatic rings. The van der Waals surface area contributed by atoms with Gasteiger partial charge >= 0.3 is 0 Å². The molecule has 0 saturated carbocycles. The fraction of sp³-hybridized carbons (Fsp3) is 0.438. The van der Waals surface area contributed by atoms with E-state index < -0.39 is 0 Å². The molecule has 1 N–H and O–H groups in total. The number of hydrogen-bond donors (Lipinski definition) is 1. The third kappa shape index (κ3) is 3.93. The fourth-order valence-electron chi connectivity index (χ4n) is 1.98. The second-order valence-corrected chi connectivity index (χ2v) is 6.10. The van der Waals surface area contributed by atoms with Gasteiger partial charge in [0.2, 0.25) is 5.89 Å². The molecule has 0 radical (unpaired) electrons. The topological polar surface area (TPSA) is 38.1 Å². The van der Waals surface area contributed by atoms with Crippen LogP contribution in [-0.2, 0) is 6.54 Å². The quantitative estimate of drug-likeness (QED) is 0.908. The standard InChI is InChI=1S/C16H22N2O/c1-11-6-12(2)8-13(7-11)14-9-17-15(19-14)10-18-16(3,4)5/h6-9,18H,10H2,1-5H3. The predicted octanol–water partition coefficient (Wildman–Crippen LogP) is 3.85. The van der Waals surface area contributed by atoms with Gasteiger partial charge in [-0.05, 0) is 46.8 Å². The average molecular weight is 258 g/mol. The number of nitrogens with one attached hydrogen (secondary N) is 1. The number of aryl methyl sites for hydroxylation is 2. The summed E-state index contributed by atoms with van der Waals surface area (Å²) in [5, 5.41) is 3.37. The van der Waals surface area contributed by atoms with Gasteiger partial charge in [0, 0.05) is 11.1 Å². The molecule has 1 aromatic carbocycles. The first-order valence-corrected chi connectivity index (χ1v) is 6.62. The lowest BCUT2D eigenvalue weighted by molar-refractivity contribution is 0.383. The monoisotopic (exact) mass is 258 g/mol. The predicted molar refractivity (Wildman–Crippen MR) is 78.0 cm³/mol. The molecule has 0 spiro atoms. The Bertz CT molecular complexity index is 544. The number of nitrogens with zero attached hydrogens (tertiary/aromatic N) is 1. The van der Waals surface area contributed by atoms with Crippen LogP contribution in [0.5, 0.6) is 0 Å². The maximum absolute atomic E-state index is 5.80. The van der Waals surface area contributed by atoms with E-state index in [0.29, 0.717) is 6.54 Å². The summed E-state index contributed by atoms with van der Waals surface area (Å²) in [6.07, 6.45) is 1.80. The average Bonchev–Trinajstić information content (AvgIpc) is 2.72. The smallest absolute Gasteiger partial charge is 0.208 e. The van der Waals surface area contributed by atoms with Gasteiger partial charge in [0.25, 0.3) is 0 Å². The van der Waals surface area contributed by atoms with Crippen molar-refractivity contribution in [3.05, 3.63) is 41.4 Å². The van der Waals surface area contributed by atoms with Gasteiger partial charge in [-0.15, -0.1) is 0 Å². The number of hydrogen-bond acceptors (Lipinski definition) is 3. The van der Waals surface area contributed by atoms with Crippen molar-refractivity contribution < 1.29 is 4.42 Å². The third-order valence-corrected chi connectivity index (χ3v) is 2.83. The largest absolute Gasteiger partial charge is 0.439 e. The van der Waals surface area contributed by atoms with Crippen LogP contribution in [-0.4, -0.2) is 10.5 Å². The normalized spacial score (nSPS) is 11.8. The second-order valence-electron chi connectivity index (χ2n) is 6.10. The highest BCUT2D eigenvalue weighted by atomic mass is 16.4. The Labute approximate surface area is 115 Å². The highest BCUT2D eigenvalue weighted by molar-refractivity contribution is 5.58. The minimum atomic E-state index is 0.0640. The molecule has 19 heavy (non-hydrogen) atoms. The summed E-state index contributed by atoms with van der Waals surface area (Å²) in [5.41, 5.74) is 3.63. The molecule has 0 aliphatic carbocycles. The summed E-state index contributed by atoms with van der Waals surface area (Å²) >= 11 is 0. The van der Waals surface area contributed by atoms with Crippen molar-refractivity contribution >= 4 is 0 Å². The Morgan fingerprint density at radius 1 is 1.11 bits per heavy atom. The van der Waals surface area contributed by atoms with Gasteiger partial charge in [0.1, 0.15) is 0 Å². The zero-order valence-corrected chi connectivity index (χ0v) is 12.4. The summed E-state index contributed by atoms with van der Waals surface area (Å²) in [5.74, 6) is 1.56. The van der Waals surface area contributed by atoms with Gasteiger partial charge < -0.3 is 9.73 Å². The molecule has 0 unspecified atom stereocenters. The molecule has 0 fully saturated rings. The van der Waals surface area contributed by atoms with E-state index in [1.165, 1.54) is 11.1 Å². The molecule has 3 nitrogen and oxygen atoms in total. The maximum atomic E-state index is 5.80. The lowest BCUT2D eigenvalue weighted by Gasteiger charge is -2.18. The molecule has 1 aromatic heterocycles. The first-order chi connectivity index (χ1) is 8.83. The van der Waals surface area contributed by atoms with Crippen LogP contribution < -0.4 is 5.32 Å². The lowest BCUT2D eigenvalue weighted by atomic mass is 10.1. The van der Waals surface area contributed by atoms with Gasteiger partial charge in [-0.3, -0.25) is 0 Å². The molecule has 0 aliphatic heterocycles. The van der Waals surface area contributed by atoms with Gasteiger partial charge in [0.15, 0.2) is 5.76 Å². The molecule has 102 valence electrons. The van der Waals surface area contributed by atoms with E-state index in [1.807, 2.05) is 0 Å².